The minimum atomic E-state index is -0.391. The van der Waals surface area contributed by atoms with Crippen molar-refractivity contribution in [1.29, 1.82) is 0 Å². The molecule has 6 heteroatoms. The highest BCUT2D eigenvalue weighted by atomic mass is 35.5. The number of carbonyl (C=O) groups is 1. The lowest BCUT2D eigenvalue weighted by Gasteiger charge is -2.32. The van der Waals surface area contributed by atoms with Gasteiger partial charge in [0.05, 0.1) is 6.04 Å². The van der Waals surface area contributed by atoms with Crippen LogP contribution in [0, 0.1) is 11.8 Å². The Morgan fingerprint density at radius 1 is 1.20 bits per heavy atom. The number of nitrogens with two attached hydrogens (primary N) is 1. The van der Waals surface area contributed by atoms with Crippen LogP contribution in [0.3, 0.4) is 0 Å². The van der Waals surface area contributed by atoms with Gasteiger partial charge in [-0.2, -0.15) is 0 Å². The normalized spacial score (nSPS) is 19.1. The van der Waals surface area contributed by atoms with Gasteiger partial charge in [-0.1, -0.05) is 23.7 Å². The molecule has 0 bridgehead atoms. The summed E-state index contributed by atoms with van der Waals surface area (Å²) in [5.74, 6) is 1.03. The van der Waals surface area contributed by atoms with Crippen LogP contribution in [0.25, 0.3) is 0 Å². The van der Waals surface area contributed by atoms with Gasteiger partial charge in [-0.15, -0.1) is 12.4 Å². The van der Waals surface area contributed by atoms with Crippen molar-refractivity contribution in [3.05, 3.63) is 34.9 Å². The zero-order chi connectivity index (χ0) is 16.9. The first kappa shape index (κ1) is 20.5. The molecule has 1 aliphatic carbocycles. The lowest BCUT2D eigenvalue weighted by Crippen LogP contribution is -2.50. The molecule has 1 unspecified atom stereocenters. The Bertz CT molecular complexity index is 543. The van der Waals surface area contributed by atoms with E-state index in [-0.39, 0.29) is 24.2 Å². The van der Waals surface area contributed by atoms with Crippen molar-refractivity contribution in [2.24, 2.45) is 17.6 Å². The lowest BCUT2D eigenvalue weighted by molar-refractivity contribution is -0.135. The maximum absolute atomic E-state index is 12.9. The largest absolute Gasteiger partial charge is 0.381 e. The third-order valence-corrected chi connectivity index (χ3v) is 5.38. The summed E-state index contributed by atoms with van der Waals surface area (Å²) in [4.78, 5) is 14.9. The Morgan fingerprint density at radius 2 is 1.84 bits per heavy atom. The summed E-state index contributed by atoms with van der Waals surface area (Å²) in [6.07, 6.45) is 5.09. The molecule has 1 amide bonds. The van der Waals surface area contributed by atoms with E-state index >= 15 is 0 Å². The van der Waals surface area contributed by atoms with Crippen LogP contribution >= 0.6 is 24.0 Å². The summed E-state index contributed by atoms with van der Waals surface area (Å²) in [5.41, 5.74) is 7.52. The van der Waals surface area contributed by atoms with Crippen LogP contribution in [-0.4, -0.2) is 43.2 Å². The molecule has 25 heavy (non-hydrogen) atoms. The van der Waals surface area contributed by atoms with Gasteiger partial charge in [-0.25, -0.2) is 0 Å². The molecular formula is C19H28Cl2N2O2. The van der Waals surface area contributed by atoms with Crippen LogP contribution in [0.1, 0.15) is 31.2 Å². The summed E-state index contributed by atoms with van der Waals surface area (Å²) in [6.45, 7) is 3.02. The van der Waals surface area contributed by atoms with E-state index < -0.39 is 6.04 Å². The Kier molecular flexibility index (Phi) is 8.01. The van der Waals surface area contributed by atoms with E-state index in [1.165, 1.54) is 18.4 Å². The van der Waals surface area contributed by atoms with E-state index in [1.54, 1.807) is 0 Å². The highest BCUT2D eigenvalue weighted by Crippen LogP contribution is 2.30. The van der Waals surface area contributed by atoms with Crippen molar-refractivity contribution in [2.45, 2.75) is 38.1 Å². The number of rotatable bonds is 7. The zero-order valence-corrected chi connectivity index (χ0v) is 16.1. The van der Waals surface area contributed by atoms with Crippen molar-refractivity contribution in [3.63, 3.8) is 0 Å². The van der Waals surface area contributed by atoms with E-state index in [0.717, 1.165) is 50.6 Å². The molecule has 140 valence electrons. The van der Waals surface area contributed by atoms with Gasteiger partial charge < -0.3 is 15.4 Å². The van der Waals surface area contributed by atoms with Gasteiger partial charge >= 0.3 is 0 Å². The fraction of sp³-hybridized carbons (Fsp3) is 0.632. The van der Waals surface area contributed by atoms with Crippen LogP contribution in [0.15, 0.2) is 24.3 Å². The van der Waals surface area contributed by atoms with Gasteiger partial charge in [-0.3, -0.25) is 4.79 Å². The quantitative estimate of drug-likeness (QED) is 0.781. The van der Waals surface area contributed by atoms with Crippen LogP contribution < -0.4 is 5.73 Å². The van der Waals surface area contributed by atoms with Gasteiger partial charge in [0.1, 0.15) is 0 Å². The summed E-state index contributed by atoms with van der Waals surface area (Å²) < 4.78 is 5.39. The maximum atomic E-state index is 12.9. The number of benzene rings is 1. The molecule has 3 rings (SSSR count). The van der Waals surface area contributed by atoms with Gasteiger partial charge in [0, 0.05) is 31.3 Å². The highest BCUT2D eigenvalue weighted by Gasteiger charge is 2.32. The molecule has 1 aromatic carbocycles. The fourth-order valence-corrected chi connectivity index (χ4v) is 3.43. The molecule has 1 heterocycles. The van der Waals surface area contributed by atoms with Gasteiger partial charge in [0.2, 0.25) is 5.91 Å². The number of hydrogen-bond donors (Lipinski definition) is 1. The molecule has 0 aromatic heterocycles. The van der Waals surface area contributed by atoms with Gasteiger partial charge in [0.25, 0.3) is 0 Å². The van der Waals surface area contributed by atoms with Crippen LogP contribution in [-0.2, 0) is 16.0 Å². The monoisotopic (exact) mass is 386 g/mol. The molecule has 1 saturated heterocycles. The standard InChI is InChI=1S/C19H27ClN2O2.ClH/c20-17-5-3-14(4-6-17)7-10-22(13-15-1-2-15)19(23)18(21)16-8-11-24-12-9-16;/h3-6,15-16,18H,1-2,7-13,21H2;1H. The van der Waals surface area contributed by atoms with E-state index in [2.05, 4.69) is 0 Å². The first-order valence-corrected chi connectivity index (χ1v) is 9.38. The first-order chi connectivity index (χ1) is 11.6. The van der Waals surface area contributed by atoms with Gasteiger partial charge in [0.15, 0.2) is 0 Å². The number of hydrogen-bond acceptors (Lipinski definition) is 3. The molecule has 1 aromatic rings. The summed E-state index contributed by atoms with van der Waals surface area (Å²) in [5, 5.41) is 0.742. The van der Waals surface area contributed by atoms with Crippen LogP contribution in [0.4, 0.5) is 0 Å². The predicted molar refractivity (Wildman–Crippen MR) is 103 cm³/mol. The third-order valence-electron chi connectivity index (χ3n) is 5.13. The number of ether oxygens (including phenoxy) is 1. The first-order valence-electron chi connectivity index (χ1n) is 9.00. The minimum Gasteiger partial charge on any atom is -0.381 e. The Balaban J connectivity index is 0.00000225. The SMILES string of the molecule is Cl.NC(C(=O)N(CCc1ccc(Cl)cc1)CC1CC1)C1CCOCC1. The summed E-state index contributed by atoms with van der Waals surface area (Å²) >= 11 is 5.94. The molecule has 1 aliphatic heterocycles. The lowest BCUT2D eigenvalue weighted by atomic mass is 9.91. The van der Waals surface area contributed by atoms with Crippen molar-refractivity contribution in [3.8, 4) is 0 Å². The van der Waals surface area contributed by atoms with E-state index in [0.29, 0.717) is 5.92 Å². The molecule has 0 spiro atoms. The topological polar surface area (TPSA) is 55.6 Å². The summed E-state index contributed by atoms with van der Waals surface area (Å²) in [6, 6.07) is 7.47. The smallest absolute Gasteiger partial charge is 0.239 e. The minimum absolute atomic E-state index is 0. The third kappa shape index (κ3) is 6.14. The molecule has 2 N–H and O–H groups in total. The van der Waals surface area contributed by atoms with E-state index in [9.17, 15) is 4.79 Å². The molecule has 1 saturated carbocycles. The number of nitrogens with zero attached hydrogens (tertiary/aromatic N) is 1. The second-order valence-corrected chi connectivity index (χ2v) is 7.52. The maximum Gasteiger partial charge on any atom is 0.239 e. The Labute approximate surface area is 161 Å². The second kappa shape index (κ2) is 9.77. The second-order valence-electron chi connectivity index (χ2n) is 7.08. The number of halogens is 2. The fourth-order valence-electron chi connectivity index (χ4n) is 3.31. The predicted octanol–water partition coefficient (Wildman–Crippen LogP) is 3.30. The van der Waals surface area contributed by atoms with Crippen LogP contribution in [0.5, 0.6) is 0 Å². The van der Waals surface area contributed by atoms with Gasteiger partial charge in [-0.05, 0) is 61.6 Å². The Morgan fingerprint density at radius 3 is 2.44 bits per heavy atom. The van der Waals surface area contributed by atoms with E-state index in [4.69, 9.17) is 22.1 Å². The Hall–Kier alpha value is -0.810. The van der Waals surface area contributed by atoms with Crippen molar-refractivity contribution in [1.82, 2.24) is 4.90 Å². The average molecular weight is 387 g/mol. The number of amides is 1. The molecular weight excluding hydrogens is 359 g/mol. The van der Waals surface area contributed by atoms with Crippen molar-refractivity contribution in [2.75, 3.05) is 26.3 Å². The molecule has 0 radical (unpaired) electrons. The van der Waals surface area contributed by atoms with Crippen LogP contribution in [0.2, 0.25) is 5.02 Å². The molecule has 2 aliphatic rings. The molecule has 4 nitrogen and oxygen atoms in total. The number of carbonyl (C=O) groups excluding carboxylic acids is 1. The summed E-state index contributed by atoms with van der Waals surface area (Å²) in [7, 11) is 0. The molecule has 1 atom stereocenters. The average Bonchev–Trinajstić information content (AvgIpc) is 3.43. The van der Waals surface area contributed by atoms with E-state index in [1.807, 2.05) is 29.2 Å². The highest BCUT2D eigenvalue weighted by molar-refractivity contribution is 6.30. The van der Waals surface area contributed by atoms with Crippen molar-refractivity contribution >= 4 is 29.9 Å². The zero-order valence-electron chi connectivity index (χ0n) is 14.5. The molecule has 2 fully saturated rings. The van der Waals surface area contributed by atoms with Crippen molar-refractivity contribution < 1.29 is 9.53 Å².